The number of hydrogen-bond acceptors (Lipinski definition) is 6. The molecule has 182 valence electrons. The molecule has 6 atom stereocenters. The van der Waals surface area contributed by atoms with Crippen LogP contribution in [-0.4, -0.2) is 45.0 Å². The molecule has 7 rings (SSSR count). The van der Waals surface area contributed by atoms with Gasteiger partial charge in [0.05, 0.1) is 16.8 Å². The van der Waals surface area contributed by atoms with E-state index >= 15 is 0 Å². The van der Waals surface area contributed by atoms with Crippen molar-refractivity contribution in [2.24, 2.45) is 35.5 Å². The zero-order valence-corrected chi connectivity index (χ0v) is 19.6. The number of non-ortho nitro benzene ring substituents is 1. The normalized spacial score (nSPS) is 29.1. The molecule has 3 fully saturated rings. The minimum Gasteiger partial charge on any atom is -0.292 e. The number of allylic oxidation sites excluding steroid dienone is 2. The second kappa shape index (κ2) is 8.09. The van der Waals surface area contributed by atoms with Gasteiger partial charge in [-0.15, -0.1) is 0 Å². The summed E-state index contributed by atoms with van der Waals surface area (Å²) in [4.78, 5) is 64.7. The van der Waals surface area contributed by atoms with Crippen molar-refractivity contribution in [1.29, 1.82) is 0 Å². The molecule has 9 nitrogen and oxygen atoms in total. The second-order valence-electron chi connectivity index (χ2n) is 9.74. The average Bonchev–Trinajstić information content (AvgIpc) is 3.66. The minimum atomic E-state index is -0.712. The van der Waals surface area contributed by atoms with Gasteiger partial charge in [-0.05, 0) is 54.4 Å². The third kappa shape index (κ3) is 3.37. The van der Waals surface area contributed by atoms with E-state index in [1.165, 1.54) is 42.5 Å². The first-order valence-corrected chi connectivity index (χ1v) is 12.0. The number of nitrogens with zero attached hydrogens (tertiary/aromatic N) is 3. The Balaban J connectivity index is 1.36. The third-order valence-corrected chi connectivity index (χ3v) is 8.13. The highest BCUT2D eigenvalue weighted by Crippen LogP contribution is 2.65. The molecular formula is C26H20ClN3O6. The van der Waals surface area contributed by atoms with E-state index in [1.807, 2.05) is 12.2 Å². The molecule has 1 saturated heterocycles. The Kier molecular flexibility index (Phi) is 5.08. The zero-order chi connectivity index (χ0) is 25.3. The van der Waals surface area contributed by atoms with Crippen LogP contribution in [0.1, 0.15) is 27.1 Å². The molecule has 0 unspecified atom stereocenters. The van der Waals surface area contributed by atoms with Gasteiger partial charge in [0.2, 0.25) is 0 Å². The number of nitro benzene ring substituents is 1. The maximum atomic E-state index is 13.7. The third-order valence-electron chi connectivity index (χ3n) is 7.88. The molecule has 0 radical (unpaired) electrons. The summed E-state index contributed by atoms with van der Waals surface area (Å²) in [6.07, 6.45) is 5.04. The summed E-state index contributed by atoms with van der Waals surface area (Å²) in [7, 11) is 0. The summed E-state index contributed by atoms with van der Waals surface area (Å²) in [6, 6.07) is 11.0. The van der Waals surface area contributed by atoms with Crippen molar-refractivity contribution in [3.8, 4) is 0 Å². The number of nitro groups is 1. The van der Waals surface area contributed by atoms with Crippen molar-refractivity contribution in [1.82, 2.24) is 10.0 Å². The van der Waals surface area contributed by atoms with E-state index in [0.29, 0.717) is 16.9 Å². The van der Waals surface area contributed by atoms with Crippen molar-refractivity contribution in [3.63, 3.8) is 0 Å². The van der Waals surface area contributed by atoms with E-state index in [2.05, 4.69) is 0 Å². The topological polar surface area (TPSA) is 118 Å². The Morgan fingerprint density at radius 2 is 1.58 bits per heavy atom. The smallest absolute Gasteiger partial charge is 0.273 e. The van der Waals surface area contributed by atoms with Gasteiger partial charge >= 0.3 is 0 Å². The van der Waals surface area contributed by atoms with Gasteiger partial charge in [-0.3, -0.25) is 29.3 Å². The lowest BCUT2D eigenvalue weighted by atomic mass is 9.63. The fourth-order valence-electron chi connectivity index (χ4n) is 6.17. The molecule has 1 aliphatic heterocycles. The first-order chi connectivity index (χ1) is 17.3. The van der Waals surface area contributed by atoms with Crippen molar-refractivity contribution >= 4 is 40.8 Å². The van der Waals surface area contributed by atoms with Gasteiger partial charge < -0.3 is 0 Å². The first-order valence-electron chi connectivity index (χ1n) is 11.7. The lowest BCUT2D eigenvalue weighted by Crippen LogP contribution is -2.52. The van der Waals surface area contributed by atoms with Crippen LogP contribution in [0.4, 0.5) is 5.69 Å². The summed E-state index contributed by atoms with van der Waals surface area (Å²) in [5.41, 5.74) is -0.138. The van der Waals surface area contributed by atoms with E-state index in [4.69, 9.17) is 11.6 Å². The first kappa shape index (κ1) is 22.6. The number of imide groups is 1. The van der Waals surface area contributed by atoms with E-state index in [9.17, 15) is 29.3 Å². The Hall–Kier alpha value is -3.85. The van der Waals surface area contributed by atoms with Crippen LogP contribution in [0.5, 0.6) is 0 Å². The van der Waals surface area contributed by atoms with E-state index in [1.54, 1.807) is 0 Å². The Labute approximate surface area is 210 Å². The number of hydrazine groups is 1. The molecule has 5 aliphatic rings. The monoisotopic (exact) mass is 505 g/mol. The number of hydrogen-bond donors (Lipinski definition) is 0. The highest BCUT2D eigenvalue weighted by atomic mass is 35.5. The fourth-order valence-corrected chi connectivity index (χ4v) is 6.30. The van der Waals surface area contributed by atoms with Crippen LogP contribution in [-0.2, 0) is 9.59 Å². The highest BCUT2D eigenvalue weighted by Gasteiger charge is 2.68. The fraction of sp³-hybridized carbons (Fsp3) is 0.308. The van der Waals surface area contributed by atoms with Gasteiger partial charge in [-0.1, -0.05) is 35.9 Å². The van der Waals surface area contributed by atoms with Gasteiger partial charge in [0.25, 0.3) is 23.4 Å². The summed E-state index contributed by atoms with van der Waals surface area (Å²) >= 11 is 5.95. The molecule has 2 saturated carbocycles. The molecular weight excluding hydrogens is 486 g/mol. The molecule has 2 bridgehead atoms. The second-order valence-corrected chi connectivity index (χ2v) is 10.2. The van der Waals surface area contributed by atoms with E-state index in [0.717, 1.165) is 22.5 Å². The number of ketones is 1. The predicted molar refractivity (Wildman–Crippen MR) is 126 cm³/mol. The summed E-state index contributed by atoms with van der Waals surface area (Å²) in [5.74, 6) is -2.76. The number of halogens is 1. The lowest BCUT2D eigenvalue weighted by Gasteiger charge is -2.37. The Morgan fingerprint density at radius 1 is 0.972 bits per heavy atom. The van der Waals surface area contributed by atoms with Gasteiger partial charge in [0, 0.05) is 28.3 Å². The maximum absolute atomic E-state index is 13.7. The zero-order valence-electron chi connectivity index (χ0n) is 18.8. The standard InChI is InChI=1S/C26H20ClN3O6/c27-15-6-4-13(5-7-15)24(32)28(12-21(31)14-2-1-3-16(10-14)30(35)36)29-25(33)22-17-8-9-18(20-11-19(17)20)23(22)26(29)34/h1-10,17-20,22-23H,11-12H2/t17-,18-,19-,20+,22+,23+/m0/s1. The number of Topliss-reactive ketones (excluding diaryl/α,β-unsaturated/α-hetero) is 1. The molecule has 36 heavy (non-hydrogen) atoms. The molecule has 2 aromatic rings. The van der Waals surface area contributed by atoms with Crippen LogP contribution in [0.15, 0.2) is 60.7 Å². The van der Waals surface area contributed by atoms with Crippen LogP contribution in [0.25, 0.3) is 0 Å². The van der Waals surface area contributed by atoms with Crippen LogP contribution in [0.3, 0.4) is 0 Å². The number of rotatable bonds is 6. The SMILES string of the molecule is O=C(CN(C(=O)c1ccc(Cl)cc1)N1C(=O)[C@@H]2[C@H]3C=C[C@@H]([C@@H]4C[C@H]34)[C@H]2C1=O)c1cccc([N+](=O)[O-])c1. The van der Waals surface area contributed by atoms with Crippen molar-refractivity contribution in [2.45, 2.75) is 6.42 Å². The van der Waals surface area contributed by atoms with Crippen LogP contribution in [0, 0.1) is 45.6 Å². The van der Waals surface area contributed by atoms with Gasteiger partial charge in [-0.2, -0.15) is 5.01 Å². The van der Waals surface area contributed by atoms with Crippen LogP contribution < -0.4 is 0 Å². The van der Waals surface area contributed by atoms with Crippen molar-refractivity contribution in [2.75, 3.05) is 6.54 Å². The molecule has 0 spiro atoms. The summed E-state index contributed by atoms with van der Waals surface area (Å²) < 4.78 is 0. The van der Waals surface area contributed by atoms with Crippen LogP contribution in [0.2, 0.25) is 5.02 Å². The predicted octanol–water partition coefficient (Wildman–Crippen LogP) is 3.54. The van der Waals surface area contributed by atoms with E-state index < -0.39 is 46.8 Å². The lowest BCUT2D eigenvalue weighted by molar-refractivity contribution is -0.384. The van der Waals surface area contributed by atoms with Gasteiger partial charge in [-0.25, -0.2) is 5.01 Å². The largest absolute Gasteiger partial charge is 0.292 e. The van der Waals surface area contributed by atoms with Crippen molar-refractivity contribution in [3.05, 3.63) is 86.9 Å². The molecule has 4 aliphatic carbocycles. The number of benzene rings is 2. The van der Waals surface area contributed by atoms with Gasteiger partial charge in [0.15, 0.2) is 5.78 Å². The minimum absolute atomic E-state index is 0.00222. The number of amides is 3. The average molecular weight is 506 g/mol. The summed E-state index contributed by atoms with van der Waals surface area (Å²) in [6.45, 7) is -0.630. The molecule has 3 amide bonds. The quantitative estimate of drug-likeness (QED) is 0.195. The molecule has 2 aromatic carbocycles. The maximum Gasteiger partial charge on any atom is 0.273 e. The number of carbonyl (C=O) groups is 4. The summed E-state index contributed by atoms with van der Waals surface area (Å²) in [5, 5.41) is 13.3. The molecule has 10 heteroatoms. The van der Waals surface area contributed by atoms with Gasteiger partial charge in [0.1, 0.15) is 6.54 Å². The molecule has 0 aromatic heterocycles. The van der Waals surface area contributed by atoms with Crippen LogP contribution >= 0.6 is 11.6 Å². The Bertz CT molecular complexity index is 1340. The molecule has 1 heterocycles. The Morgan fingerprint density at radius 3 is 2.17 bits per heavy atom. The molecule has 0 N–H and O–H groups in total. The van der Waals surface area contributed by atoms with Crippen molar-refractivity contribution < 1.29 is 24.1 Å². The van der Waals surface area contributed by atoms with E-state index in [-0.39, 0.29) is 28.7 Å². The number of carbonyl (C=O) groups excluding carboxylic acids is 4. The highest BCUT2D eigenvalue weighted by molar-refractivity contribution is 6.30.